The van der Waals surface area contributed by atoms with E-state index in [1.807, 2.05) is 17.0 Å². The molecule has 0 radical (unpaired) electrons. The van der Waals surface area contributed by atoms with Gasteiger partial charge in [0.05, 0.1) is 12.2 Å². The van der Waals surface area contributed by atoms with Crippen LogP contribution in [-0.2, 0) is 11.3 Å². The lowest BCUT2D eigenvalue weighted by Crippen LogP contribution is -2.46. The fourth-order valence-electron chi connectivity index (χ4n) is 4.65. The van der Waals surface area contributed by atoms with Gasteiger partial charge in [0.25, 0.3) is 5.91 Å². The van der Waals surface area contributed by atoms with Gasteiger partial charge < -0.3 is 25.6 Å². The van der Waals surface area contributed by atoms with Crippen LogP contribution >= 0.6 is 0 Å². The zero-order valence-corrected chi connectivity index (χ0v) is 23.3. The summed E-state index contributed by atoms with van der Waals surface area (Å²) in [6.07, 6.45) is 6.35. The summed E-state index contributed by atoms with van der Waals surface area (Å²) >= 11 is 0. The highest BCUT2D eigenvalue weighted by atomic mass is 16.5. The van der Waals surface area contributed by atoms with Crippen LogP contribution in [0.25, 0.3) is 0 Å². The number of ether oxygens (including phenoxy) is 1. The predicted octanol–water partition coefficient (Wildman–Crippen LogP) is 5.13. The first-order valence-corrected chi connectivity index (χ1v) is 13.6. The molecule has 1 fully saturated rings. The molecule has 1 aliphatic carbocycles. The molecule has 4 amide bonds. The zero-order valence-electron chi connectivity index (χ0n) is 23.3. The Labute approximate surface area is 247 Å². The Hall–Kier alpha value is -5.78. The number of nitrogens with one attached hydrogen (secondary N) is 3. The zero-order chi connectivity index (χ0) is 29.9. The van der Waals surface area contributed by atoms with Gasteiger partial charge in [-0.2, -0.15) is 4.98 Å². The van der Waals surface area contributed by atoms with E-state index < -0.39 is 0 Å². The van der Waals surface area contributed by atoms with Crippen molar-refractivity contribution in [3.8, 4) is 11.5 Å². The van der Waals surface area contributed by atoms with E-state index in [2.05, 4.69) is 32.5 Å². The van der Waals surface area contributed by atoms with Crippen LogP contribution in [0.2, 0.25) is 0 Å². The molecule has 4 aromatic rings. The number of hydrogen-bond acceptors (Lipinski definition) is 8. The summed E-state index contributed by atoms with van der Waals surface area (Å²) in [7, 11) is 1.54. The van der Waals surface area contributed by atoms with Gasteiger partial charge in [-0.1, -0.05) is 12.6 Å². The highest BCUT2D eigenvalue weighted by molar-refractivity contribution is 6.03. The first-order valence-electron chi connectivity index (χ1n) is 13.6. The molecule has 0 spiro atoms. The number of anilines is 5. The van der Waals surface area contributed by atoms with E-state index in [0.717, 1.165) is 18.4 Å². The molecule has 2 aliphatic rings. The lowest BCUT2D eigenvalue weighted by Gasteiger charge is -2.36. The average molecular weight is 577 g/mol. The standard InChI is InChI=1S/C31H28N8O4/c1-3-27(40)35-21-5-4-6-23(15-21)39-28-19(18-38(31(39)42)22-9-10-22)17-34-30(37-28)36-20-7-11-24(12-8-20)43-25-13-14-33-26(16-25)29(41)32-2/h3-8,11-17,22H,1,9-10,18H2,2H3,(H,32,41)(H,35,40)(H,34,36,37). The molecule has 6 rings (SSSR count). The van der Waals surface area contributed by atoms with Gasteiger partial charge in [-0.25, -0.2) is 14.7 Å². The molecular formula is C31H28N8O4. The maximum absolute atomic E-state index is 13.7. The molecule has 1 aliphatic heterocycles. The molecule has 2 aromatic carbocycles. The molecule has 216 valence electrons. The smallest absolute Gasteiger partial charge is 0.330 e. The van der Waals surface area contributed by atoms with Gasteiger partial charge in [0.15, 0.2) is 5.82 Å². The van der Waals surface area contributed by atoms with Crippen LogP contribution in [-0.4, -0.2) is 50.8 Å². The van der Waals surface area contributed by atoms with E-state index >= 15 is 0 Å². The molecule has 0 unspecified atom stereocenters. The first kappa shape index (κ1) is 27.4. The summed E-state index contributed by atoms with van der Waals surface area (Å²) in [6, 6.07) is 17.4. The molecular weight excluding hydrogens is 548 g/mol. The fourth-order valence-corrected chi connectivity index (χ4v) is 4.65. The lowest BCUT2D eigenvalue weighted by molar-refractivity contribution is -0.111. The highest BCUT2D eigenvalue weighted by Crippen LogP contribution is 2.39. The van der Waals surface area contributed by atoms with E-state index in [1.54, 1.807) is 59.6 Å². The number of pyridine rings is 1. The Morgan fingerprint density at radius 2 is 1.84 bits per heavy atom. The molecule has 3 heterocycles. The van der Waals surface area contributed by atoms with Crippen molar-refractivity contribution in [3.63, 3.8) is 0 Å². The van der Waals surface area contributed by atoms with Gasteiger partial charge in [-0.3, -0.25) is 14.6 Å². The number of nitrogens with zero attached hydrogens (tertiary/aromatic N) is 5. The number of benzene rings is 2. The molecule has 3 N–H and O–H groups in total. The number of fused-ring (bicyclic) bond motifs is 1. The Balaban J connectivity index is 1.24. The monoisotopic (exact) mass is 576 g/mol. The molecule has 12 nitrogen and oxygen atoms in total. The first-order chi connectivity index (χ1) is 20.9. The Morgan fingerprint density at radius 3 is 2.58 bits per heavy atom. The van der Waals surface area contributed by atoms with E-state index in [1.165, 1.54) is 19.3 Å². The van der Waals surface area contributed by atoms with Gasteiger partial charge in [0, 0.05) is 48.5 Å². The molecule has 0 atom stereocenters. The van der Waals surface area contributed by atoms with Crippen molar-refractivity contribution >= 4 is 46.7 Å². The van der Waals surface area contributed by atoms with Crippen molar-refractivity contribution in [2.45, 2.75) is 25.4 Å². The van der Waals surface area contributed by atoms with Gasteiger partial charge in [-0.15, -0.1) is 0 Å². The largest absolute Gasteiger partial charge is 0.457 e. The number of urea groups is 1. The van der Waals surface area contributed by atoms with Crippen molar-refractivity contribution in [1.29, 1.82) is 0 Å². The summed E-state index contributed by atoms with van der Waals surface area (Å²) in [4.78, 5) is 54.2. The third-order valence-electron chi connectivity index (χ3n) is 6.91. The summed E-state index contributed by atoms with van der Waals surface area (Å²) < 4.78 is 5.88. The molecule has 12 heteroatoms. The number of rotatable bonds is 9. The third-order valence-corrected chi connectivity index (χ3v) is 6.91. The number of hydrogen-bond donors (Lipinski definition) is 3. The Morgan fingerprint density at radius 1 is 1.02 bits per heavy atom. The van der Waals surface area contributed by atoms with Crippen LogP contribution in [0.5, 0.6) is 11.5 Å². The van der Waals surface area contributed by atoms with E-state index in [9.17, 15) is 14.4 Å². The van der Waals surface area contributed by atoms with Crippen LogP contribution in [0.4, 0.5) is 33.6 Å². The lowest BCUT2D eigenvalue weighted by atomic mass is 10.1. The molecule has 0 saturated heterocycles. The molecule has 1 saturated carbocycles. The van der Waals surface area contributed by atoms with Gasteiger partial charge >= 0.3 is 6.03 Å². The van der Waals surface area contributed by atoms with E-state index in [4.69, 9.17) is 9.72 Å². The van der Waals surface area contributed by atoms with Crippen molar-refractivity contribution in [3.05, 3.63) is 97.0 Å². The maximum Gasteiger partial charge on any atom is 0.330 e. The second-order valence-corrected chi connectivity index (χ2v) is 9.97. The second-order valence-electron chi connectivity index (χ2n) is 9.97. The number of carbonyl (C=O) groups excluding carboxylic acids is 3. The summed E-state index contributed by atoms with van der Waals surface area (Å²) in [5.41, 5.74) is 2.88. The third kappa shape index (κ3) is 5.98. The van der Waals surface area contributed by atoms with Crippen LogP contribution in [0, 0.1) is 0 Å². The average Bonchev–Trinajstić information content (AvgIpc) is 3.87. The van der Waals surface area contributed by atoms with Gasteiger partial charge in [-0.05, 0) is 67.4 Å². The Kier molecular flexibility index (Phi) is 7.39. The van der Waals surface area contributed by atoms with Crippen LogP contribution in [0.15, 0.2) is 85.7 Å². The summed E-state index contributed by atoms with van der Waals surface area (Å²) in [6.45, 7) is 3.92. The van der Waals surface area contributed by atoms with Crippen LogP contribution < -0.4 is 25.6 Å². The van der Waals surface area contributed by atoms with Crippen molar-refractivity contribution in [2.75, 3.05) is 22.6 Å². The van der Waals surface area contributed by atoms with Crippen molar-refractivity contribution in [2.24, 2.45) is 0 Å². The molecule has 2 aromatic heterocycles. The van der Waals surface area contributed by atoms with E-state index in [-0.39, 0.29) is 29.6 Å². The second kappa shape index (κ2) is 11.6. The maximum atomic E-state index is 13.7. The predicted molar refractivity (Wildman–Crippen MR) is 161 cm³/mol. The quantitative estimate of drug-likeness (QED) is 0.233. The highest BCUT2D eigenvalue weighted by Gasteiger charge is 2.41. The van der Waals surface area contributed by atoms with Gasteiger partial charge in [0.2, 0.25) is 11.9 Å². The van der Waals surface area contributed by atoms with Crippen LogP contribution in [0.3, 0.4) is 0 Å². The topological polar surface area (TPSA) is 142 Å². The molecule has 43 heavy (non-hydrogen) atoms. The minimum Gasteiger partial charge on any atom is -0.457 e. The molecule has 0 bridgehead atoms. The number of carbonyl (C=O) groups is 3. The SMILES string of the molecule is C=CC(=O)Nc1cccc(N2C(=O)N(C3CC3)Cc3cnc(Nc4ccc(Oc5ccnc(C(=O)NC)c5)cc4)nc32)c1. The normalized spacial score (nSPS) is 14.0. The number of aromatic nitrogens is 3. The Bertz CT molecular complexity index is 1720. The minimum atomic E-state index is -0.346. The van der Waals surface area contributed by atoms with Gasteiger partial charge in [0.1, 0.15) is 17.2 Å². The van der Waals surface area contributed by atoms with Crippen molar-refractivity contribution in [1.82, 2.24) is 25.2 Å². The van der Waals surface area contributed by atoms with Crippen LogP contribution in [0.1, 0.15) is 28.9 Å². The van der Waals surface area contributed by atoms with Crippen molar-refractivity contribution < 1.29 is 19.1 Å². The minimum absolute atomic E-state index is 0.177. The number of amides is 4. The fraction of sp³-hybridized carbons (Fsp3) is 0.161. The summed E-state index contributed by atoms with van der Waals surface area (Å²) in [5, 5.41) is 8.48. The summed E-state index contributed by atoms with van der Waals surface area (Å²) in [5.74, 6) is 1.17. The van der Waals surface area contributed by atoms with E-state index in [0.29, 0.717) is 46.9 Å².